The molecule has 0 aromatic rings. The van der Waals surface area contributed by atoms with Crippen LogP contribution in [0.3, 0.4) is 0 Å². The molecule has 3 atom stereocenters. The van der Waals surface area contributed by atoms with E-state index in [-0.39, 0.29) is 0 Å². The van der Waals surface area contributed by atoms with E-state index in [9.17, 15) is 0 Å². The summed E-state index contributed by atoms with van der Waals surface area (Å²) < 4.78 is 5.60. The van der Waals surface area contributed by atoms with Gasteiger partial charge in [0.15, 0.2) is 0 Å². The molecule has 1 N–H and O–H groups in total. The molecular formula is C19H37NO. The van der Waals surface area contributed by atoms with E-state index in [0.29, 0.717) is 0 Å². The highest BCUT2D eigenvalue weighted by Gasteiger charge is 2.35. The first-order chi connectivity index (χ1) is 10.2. The van der Waals surface area contributed by atoms with Crippen molar-refractivity contribution >= 4 is 0 Å². The number of nitrogens with one attached hydrogen (secondary N) is 1. The Hall–Kier alpha value is -0.0800. The monoisotopic (exact) mass is 295 g/mol. The van der Waals surface area contributed by atoms with Crippen molar-refractivity contribution in [3.8, 4) is 0 Å². The van der Waals surface area contributed by atoms with Gasteiger partial charge in [-0.2, -0.15) is 0 Å². The first kappa shape index (κ1) is 17.3. The Morgan fingerprint density at radius 3 is 2.52 bits per heavy atom. The van der Waals surface area contributed by atoms with E-state index in [0.717, 1.165) is 42.8 Å². The minimum absolute atomic E-state index is 0.767. The molecular weight excluding hydrogens is 258 g/mol. The summed E-state index contributed by atoms with van der Waals surface area (Å²) in [6.07, 6.45) is 9.85. The van der Waals surface area contributed by atoms with E-state index >= 15 is 0 Å². The first-order valence-electron chi connectivity index (χ1n) is 9.49. The van der Waals surface area contributed by atoms with Gasteiger partial charge < -0.3 is 10.1 Å². The lowest BCUT2D eigenvalue weighted by molar-refractivity contribution is 0.0134. The van der Waals surface area contributed by atoms with E-state index in [2.05, 4.69) is 26.1 Å². The topological polar surface area (TPSA) is 21.3 Å². The third kappa shape index (κ3) is 5.56. The molecule has 1 saturated carbocycles. The van der Waals surface area contributed by atoms with Crippen LogP contribution in [-0.4, -0.2) is 26.3 Å². The molecule has 0 amide bonds. The van der Waals surface area contributed by atoms with Crippen molar-refractivity contribution in [1.29, 1.82) is 0 Å². The third-order valence-electron chi connectivity index (χ3n) is 5.68. The summed E-state index contributed by atoms with van der Waals surface area (Å²) >= 11 is 0. The molecule has 2 aliphatic rings. The van der Waals surface area contributed by atoms with Gasteiger partial charge in [0.2, 0.25) is 0 Å². The van der Waals surface area contributed by atoms with Crippen LogP contribution in [-0.2, 0) is 4.74 Å². The average molecular weight is 296 g/mol. The normalized spacial score (nSPS) is 31.7. The lowest BCUT2D eigenvalue weighted by Gasteiger charge is -2.42. The SMILES string of the molecule is CCCC1CCC(CNCC(C)C)C(C2CCOCC2)C1. The minimum atomic E-state index is 0.767. The zero-order valence-electron chi connectivity index (χ0n) is 14.6. The summed E-state index contributed by atoms with van der Waals surface area (Å²) in [6, 6.07) is 0. The number of hydrogen-bond donors (Lipinski definition) is 1. The van der Waals surface area contributed by atoms with Gasteiger partial charge in [-0.1, -0.05) is 40.0 Å². The largest absolute Gasteiger partial charge is 0.381 e. The van der Waals surface area contributed by atoms with Crippen LogP contribution in [0.25, 0.3) is 0 Å². The second-order valence-electron chi connectivity index (χ2n) is 7.89. The fourth-order valence-corrected chi connectivity index (χ4v) is 4.56. The van der Waals surface area contributed by atoms with Crippen LogP contribution in [0, 0.1) is 29.6 Å². The summed E-state index contributed by atoms with van der Waals surface area (Å²) in [5.74, 6) is 4.58. The van der Waals surface area contributed by atoms with Crippen LogP contribution < -0.4 is 5.32 Å². The van der Waals surface area contributed by atoms with Crippen LogP contribution in [0.5, 0.6) is 0 Å². The molecule has 3 unspecified atom stereocenters. The second kappa shape index (κ2) is 9.15. The predicted molar refractivity (Wildman–Crippen MR) is 90.5 cm³/mol. The third-order valence-corrected chi connectivity index (χ3v) is 5.68. The minimum Gasteiger partial charge on any atom is -0.381 e. The van der Waals surface area contributed by atoms with Crippen molar-refractivity contribution in [2.45, 2.75) is 65.7 Å². The summed E-state index contributed by atoms with van der Waals surface area (Å²) in [6.45, 7) is 11.4. The van der Waals surface area contributed by atoms with Gasteiger partial charge in [-0.25, -0.2) is 0 Å². The highest BCUT2D eigenvalue weighted by molar-refractivity contribution is 4.86. The molecule has 0 aromatic carbocycles. The van der Waals surface area contributed by atoms with Crippen molar-refractivity contribution in [2.24, 2.45) is 29.6 Å². The molecule has 2 nitrogen and oxygen atoms in total. The Bertz CT molecular complexity index is 273. The lowest BCUT2D eigenvalue weighted by atomic mass is 9.66. The van der Waals surface area contributed by atoms with Gasteiger partial charge >= 0.3 is 0 Å². The van der Waals surface area contributed by atoms with Crippen molar-refractivity contribution in [3.63, 3.8) is 0 Å². The average Bonchev–Trinajstić information content (AvgIpc) is 2.49. The summed E-state index contributed by atoms with van der Waals surface area (Å²) in [7, 11) is 0. The van der Waals surface area contributed by atoms with E-state index in [1.165, 1.54) is 58.0 Å². The maximum atomic E-state index is 5.60. The quantitative estimate of drug-likeness (QED) is 0.747. The Labute approximate surface area is 132 Å². The van der Waals surface area contributed by atoms with Gasteiger partial charge in [-0.15, -0.1) is 0 Å². The van der Waals surface area contributed by atoms with Crippen molar-refractivity contribution < 1.29 is 4.74 Å². The predicted octanol–water partition coefficient (Wildman–Crippen LogP) is 4.49. The first-order valence-corrected chi connectivity index (χ1v) is 9.49. The number of rotatable bonds is 7. The highest BCUT2D eigenvalue weighted by Crippen LogP contribution is 2.42. The fraction of sp³-hybridized carbons (Fsp3) is 1.00. The van der Waals surface area contributed by atoms with Crippen LogP contribution in [0.1, 0.15) is 65.7 Å². The van der Waals surface area contributed by atoms with Gasteiger partial charge in [0.25, 0.3) is 0 Å². The van der Waals surface area contributed by atoms with Gasteiger partial charge in [0.05, 0.1) is 0 Å². The van der Waals surface area contributed by atoms with Crippen molar-refractivity contribution in [2.75, 3.05) is 26.3 Å². The molecule has 0 spiro atoms. The molecule has 1 saturated heterocycles. The van der Waals surface area contributed by atoms with Crippen LogP contribution in [0.4, 0.5) is 0 Å². The molecule has 2 heteroatoms. The highest BCUT2D eigenvalue weighted by atomic mass is 16.5. The van der Waals surface area contributed by atoms with E-state index in [1.54, 1.807) is 0 Å². The Kier molecular flexibility index (Phi) is 7.53. The van der Waals surface area contributed by atoms with E-state index in [4.69, 9.17) is 4.74 Å². The molecule has 21 heavy (non-hydrogen) atoms. The molecule has 1 heterocycles. The zero-order valence-corrected chi connectivity index (χ0v) is 14.6. The summed E-state index contributed by atoms with van der Waals surface area (Å²) in [4.78, 5) is 0. The lowest BCUT2D eigenvalue weighted by Crippen LogP contribution is -2.39. The number of hydrogen-bond acceptors (Lipinski definition) is 2. The van der Waals surface area contributed by atoms with Crippen LogP contribution in [0.2, 0.25) is 0 Å². The van der Waals surface area contributed by atoms with Crippen LogP contribution in [0.15, 0.2) is 0 Å². The molecule has 1 aliphatic heterocycles. The number of ether oxygens (including phenoxy) is 1. The van der Waals surface area contributed by atoms with E-state index in [1.807, 2.05) is 0 Å². The maximum absolute atomic E-state index is 5.60. The Morgan fingerprint density at radius 2 is 1.86 bits per heavy atom. The molecule has 2 rings (SSSR count). The Morgan fingerprint density at radius 1 is 1.10 bits per heavy atom. The molecule has 1 aliphatic carbocycles. The molecule has 0 aromatic heterocycles. The second-order valence-corrected chi connectivity index (χ2v) is 7.89. The van der Waals surface area contributed by atoms with Crippen molar-refractivity contribution in [3.05, 3.63) is 0 Å². The van der Waals surface area contributed by atoms with Crippen molar-refractivity contribution in [1.82, 2.24) is 5.32 Å². The fourth-order valence-electron chi connectivity index (χ4n) is 4.56. The smallest absolute Gasteiger partial charge is 0.0468 e. The Balaban J connectivity index is 1.89. The van der Waals surface area contributed by atoms with Gasteiger partial charge in [0.1, 0.15) is 0 Å². The standard InChI is InChI=1S/C19H37NO/c1-4-5-16-6-7-18(14-20-13-15(2)3)19(12-16)17-8-10-21-11-9-17/h15-20H,4-14H2,1-3H3. The van der Waals surface area contributed by atoms with Gasteiger partial charge in [-0.3, -0.25) is 0 Å². The molecule has 124 valence electrons. The zero-order chi connectivity index (χ0) is 15.1. The summed E-state index contributed by atoms with van der Waals surface area (Å²) in [5, 5.41) is 3.74. The maximum Gasteiger partial charge on any atom is 0.0468 e. The summed E-state index contributed by atoms with van der Waals surface area (Å²) in [5.41, 5.74) is 0. The van der Waals surface area contributed by atoms with E-state index < -0.39 is 0 Å². The van der Waals surface area contributed by atoms with Gasteiger partial charge in [0, 0.05) is 13.2 Å². The molecule has 2 fully saturated rings. The van der Waals surface area contributed by atoms with Crippen LogP contribution >= 0.6 is 0 Å². The molecule has 0 radical (unpaired) electrons. The van der Waals surface area contributed by atoms with Gasteiger partial charge in [-0.05, 0) is 68.4 Å². The molecule has 0 bridgehead atoms.